The molecule has 4 heteroatoms. The van der Waals surface area contributed by atoms with Crippen molar-refractivity contribution < 1.29 is 5.11 Å². The Hall–Kier alpha value is -2.17. The Balaban J connectivity index is 2.00. The molecule has 4 nitrogen and oxygen atoms in total. The molecule has 0 amide bonds. The summed E-state index contributed by atoms with van der Waals surface area (Å²) < 4.78 is 1.96. The third-order valence-electron chi connectivity index (χ3n) is 3.57. The van der Waals surface area contributed by atoms with E-state index in [1.807, 2.05) is 54.1 Å². The third-order valence-corrected chi connectivity index (χ3v) is 3.57. The molecule has 0 aliphatic heterocycles. The number of imidazole rings is 1. The van der Waals surface area contributed by atoms with Crippen LogP contribution < -0.4 is 5.73 Å². The number of hydrogen-bond donors (Lipinski definition) is 2. The van der Waals surface area contributed by atoms with Crippen molar-refractivity contribution in [2.45, 2.75) is 12.6 Å². The molecule has 0 radical (unpaired) electrons. The van der Waals surface area contributed by atoms with E-state index in [1.165, 1.54) is 0 Å². The monoisotopic (exact) mass is 267 g/mol. The summed E-state index contributed by atoms with van der Waals surface area (Å²) in [6, 6.07) is 13.6. The second kappa shape index (κ2) is 5.07. The van der Waals surface area contributed by atoms with Crippen molar-refractivity contribution in [3.05, 3.63) is 65.5 Å². The van der Waals surface area contributed by atoms with Crippen molar-refractivity contribution in [1.82, 2.24) is 9.55 Å². The van der Waals surface area contributed by atoms with Gasteiger partial charge in [-0.1, -0.05) is 30.3 Å². The minimum absolute atomic E-state index is 0.472. The van der Waals surface area contributed by atoms with Gasteiger partial charge in [0, 0.05) is 13.6 Å². The Morgan fingerprint density at radius 2 is 2.00 bits per heavy atom. The summed E-state index contributed by atoms with van der Waals surface area (Å²) in [7, 11) is 1.95. The van der Waals surface area contributed by atoms with E-state index in [9.17, 15) is 5.11 Å². The lowest BCUT2D eigenvalue weighted by Crippen LogP contribution is -2.02. The molecule has 1 heterocycles. The minimum atomic E-state index is -0.659. The van der Waals surface area contributed by atoms with E-state index in [0.717, 1.165) is 27.7 Å². The lowest BCUT2D eigenvalue weighted by molar-refractivity contribution is 0.220. The lowest BCUT2D eigenvalue weighted by Gasteiger charge is -2.12. The fourth-order valence-electron chi connectivity index (χ4n) is 2.41. The number of aliphatic hydroxyl groups excluding tert-OH is 1. The molecule has 0 saturated heterocycles. The molecule has 1 aromatic heterocycles. The molecule has 0 aliphatic rings. The molecule has 3 rings (SSSR count). The number of hydrogen-bond acceptors (Lipinski definition) is 3. The van der Waals surface area contributed by atoms with Crippen LogP contribution in [-0.2, 0) is 13.6 Å². The summed E-state index contributed by atoms with van der Waals surface area (Å²) in [6.45, 7) is 0.472. The van der Waals surface area contributed by atoms with Crippen LogP contribution in [0.3, 0.4) is 0 Å². The highest BCUT2D eigenvalue weighted by Gasteiger charge is 2.12. The summed E-state index contributed by atoms with van der Waals surface area (Å²) in [6.07, 6.45) is 1.11. The highest BCUT2D eigenvalue weighted by atomic mass is 16.3. The summed E-state index contributed by atoms with van der Waals surface area (Å²) in [5.74, 6) is 0. The Morgan fingerprint density at radius 1 is 1.20 bits per heavy atom. The Morgan fingerprint density at radius 3 is 2.80 bits per heavy atom. The maximum Gasteiger partial charge on any atom is 0.104 e. The molecule has 102 valence electrons. The van der Waals surface area contributed by atoms with Crippen molar-refractivity contribution in [3.63, 3.8) is 0 Å². The number of nitrogens with two attached hydrogens (primary N) is 1. The summed E-state index contributed by atoms with van der Waals surface area (Å²) in [4.78, 5) is 4.32. The second-order valence-electron chi connectivity index (χ2n) is 4.96. The van der Waals surface area contributed by atoms with Crippen LogP contribution in [-0.4, -0.2) is 14.7 Å². The summed E-state index contributed by atoms with van der Waals surface area (Å²) >= 11 is 0. The molecular formula is C16H17N3O. The first kappa shape index (κ1) is 12.8. The average Bonchev–Trinajstić information content (AvgIpc) is 2.87. The smallest absolute Gasteiger partial charge is 0.104 e. The first-order valence-corrected chi connectivity index (χ1v) is 6.57. The van der Waals surface area contributed by atoms with Gasteiger partial charge in [-0.2, -0.15) is 0 Å². The van der Waals surface area contributed by atoms with Gasteiger partial charge in [-0.05, 0) is 28.8 Å². The maximum absolute atomic E-state index is 10.5. The van der Waals surface area contributed by atoms with Crippen molar-refractivity contribution in [2.24, 2.45) is 12.8 Å². The van der Waals surface area contributed by atoms with Crippen LogP contribution in [0.25, 0.3) is 11.0 Å². The van der Waals surface area contributed by atoms with Gasteiger partial charge in [0.1, 0.15) is 6.10 Å². The fourth-order valence-corrected chi connectivity index (χ4v) is 2.41. The van der Waals surface area contributed by atoms with Crippen LogP contribution in [0.15, 0.2) is 48.8 Å². The van der Waals surface area contributed by atoms with Crippen LogP contribution in [0.4, 0.5) is 0 Å². The topological polar surface area (TPSA) is 64.1 Å². The van der Waals surface area contributed by atoms with Crippen LogP contribution in [0, 0.1) is 0 Å². The Bertz CT molecular complexity index is 748. The predicted octanol–water partition coefficient (Wildman–Crippen LogP) is 2.11. The molecule has 0 aliphatic carbocycles. The van der Waals surface area contributed by atoms with Gasteiger partial charge in [-0.15, -0.1) is 0 Å². The van der Waals surface area contributed by atoms with Gasteiger partial charge >= 0.3 is 0 Å². The molecule has 3 N–H and O–H groups in total. The van der Waals surface area contributed by atoms with Gasteiger partial charge in [0.15, 0.2) is 0 Å². The van der Waals surface area contributed by atoms with Crippen molar-refractivity contribution in [1.29, 1.82) is 0 Å². The van der Waals surface area contributed by atoms with Gasteiger partial charge in [0.05, 0.1) is 17.4 Å². The molecule has 1 unspecified atom stereocenters. The molecule has 2 aromatic carbocycles. The van der Waals surface area contributed by atoms with Gasteiger partial charge < -0.3 is 15.4 Å². The number of benzene rings is 2. The normalized spacial score (nSPS) is 12.8. The molecule has 0 spiro atoms. The highest BCUT2D eigenvalue weighted by Crippen LogP contribution is 2.25. The van der Waals surface area contributed by atoms with E-state index >= 15 is 0 Å². The number of rotatable bonds is 3. The zero-order valence-electron chi connectivity index (χ0n) is 11.3. The van der Waals surface area contributed by atoms with E-state index in [0.29, 0.717) is 6.54 Å². The van der Waals surface area contributed by atoms with E-state index in [-0.39, 0.29) is 0 Å². The van der Waals surface area contributed by atoms with Crippen molar-refractivity contribution in [2.75, 3.05) is 0 Å². The van der Waals surface area contributed by atoms with E-state index in [2.05, 4.69) is 4.98 Å². The number of fused-ring (bicyclic) bond motifs is 1. The number of aromatic nitrogens is 2. The SMILES string of the molecule is Cn1cnc2cc(C(O)c3cccc(CN)c3)ccc21. The Kier molecular flexibility index (Phi) is 3.26. The predicted molar refractivity (Wildman–Crippen MR) is 79.1 cm³/mol. The molecule has 0 bridgehead atoms. The van der Waals surface area contributed by atoms with Gasteiger partial charge in [-0.25, -0.2) is 4.98 Å². The average molecular weight is 267 g/mol. The highest BCUT2D eigenvalue weighted by molar-refractivity contribution is 5.76. The van der Waals surface area contributed by atoms with Gasteiger partial charge in [0.25, 0.3) is 0 Å². The van der Waals surface area contributed by atoms with Gasteiger partial charge in [0.2, 0.25) is 0 Å². The number of nitrogens with zero attached hydrogens (tertiary/aromatic N) is 2. The fraction of sp³-hybridized carbons (Fsp3) is 0.188. The summed E-state index contributed by atoms with van der Waals surface area (Å²) in [5.41, 5.74) is 10.3. The molecule has 0 saturated carbocycles. The first-order valence-electron chi connectivity index (χ1n) is 6.57. The van der Waals surface area contributed by atoms with Crippen LogP contribution in [0.2, 0.25) is 0 Å². The van der Waals surface area contributed by atoms with E-state index in [4.69, 9.17) is 5.73 Å². The lowest BCUT2D eigenvalue weighted by atomic mass is 9.99. The number of aliphatic hydroxyl groups is 1. The van der Waals surface area contributed by atoms with Crippen LogP contribution in [0.5, 0.6) is 0 Å². The molecule has 0 fully saturated rings. The maximum atomic E-state index is 10.5. The third kappa shape index (κ3) is 2.19. The molecule has 20 heavy (non-hydrogen) atoms. The molecule has 3 aromatic rings. The van der Waals surface area contributed by atoms with E-state index in [1.54, 1.807) is 6.33 Å². The van der Waals surface area contributed by atoms with E-state index < -0.39 is 6.10 Å². The van der Waals surface area contributed by atoms with Gasteiger partial charge in [-0.3, -0.25) is 0 Å². The molecular weight excluding hydrogens is 250 g/mol. The van der Waals surface area contributed by atoms with Crippen molar-refractivity contribution in [3.8, 4) is 0 Å². The largest absolute Gasteiger partial charge is 0.384 e. The standard InChI is InChI=1S/C16H17N3O/c1-19-10-18-14-8-13(5-6-15(14)19)16(20)12-4-2-3-11(7-12)9-17/h2-8,10,16,20H,9,17H2,1H3. The van der Waals surface area contributed by atoms with Crippen molar-refractivity contribution >= 4 is 11.0 Å². The van der Waals surface area contributed by atoms with Crippen LogP contribution in [0.1, 0.15) is 22.8 Å². The second-order valence-corrected chi connectivity index (χ2v) is 4.96. The Labute approximate surface area is 117 Å². The quantitative estimate of drug-likeness (QED) is 0.764. The first-order chi connectivity index (χ1) is 9.69. The zero-order valence-corrected chi connectivity index (χ0v) is 11.3. The number of aryl methyl sites for hydroxylation is 1. The molecule has 1 atom stereocenters. The zero-order chi connectivity index (χ0) is 14.1. The minimum Gasteiger partial charge on any atom is -0.384 e. The summed E-state index contributed by atoms with van der Waals surface area (Å²) in [5, 5.41) is 10.5. The van der Waals surface area contributed by atoms with Crippen LogP contribution >= 0.6 is 0 Å².